The molecule has 1 aliphatic heterocycles. The van der Waals surface area contributed by atoms with Gasteiger partial charge in [-0.15, -0.1) is 0 Å². The van der Waals surface area contributed by atoms with Gasteiger partial charge in [0.2, 0.25) is 0 Å². The van der Waals surface area contributed by atoms with Gasteiger partial charge in [0.05, 0.1) is 6.61 Å². The standard InChI is InChI=1S/C22H28N2O2/c1-2-26-21-9-7-8-20(16-21)23-22(25)19-12-10-18(11-13-19)17-24-14-5-3-4-6-15-24/h7-13,16H,2-6,14-15,17H2,1H3,(H,23,25). The highest BCUT2D eigenvalue weighted by Gasteiger charge is 2.11. The van der Waals surface area contributed by atoms with Gasteiger partial charge in [-0.2, -0.15) is 0 Å². The maximum Gasteiger partial charge on any atom is 0.255 e. The van der Waals surface area contributed by atoms with Crippen molar-refractivity contribution in [1.82, 2.24) is 4.90 Å². The quantitative estimate of drug-likeness (QED) is 0.818. The number of hydrogen-bond acceptors (Lipinski definition) is 3. The van der Waals surface area contributed by atoms with Gasteiger partial charge >= 0.3 is 0 Å². The number of anilines is 1. The molecule has 0 aromatic heterocycles. The van der Waals surface area contributed by atoms with Gasteiger partial charge in [-0.3, -0.25) is 9.69 Å². The molecular weight excluding hydrogens is 324 g/mol. The Kier molecular flexibility index (Phi) is 6.67. The van der Waals surface area contributed by atoms with Gasteiger partial charge in [0, 0.05) is 23.9 Å². The number of carbonyl (C=O) groups is 1. The number of nitrogens with one attached hydrogen (secondary N) is 1. The fourth-order valence-corrected chi connectivity index (χ4v) is 3.35. The highest BCUT2D eigenvalue weighted by molar-refractivity contribution is 6.04. The lowest BCUT2D eigenvalue weighted by Gasteiger charge is -2.19. The first-order valence-corrected chi connectivity index (χ1v) is 9.60. The molecule has 0 spiro atoms. The second-order valence-corrected chi connectivity index (χ2v) is 6.80. The Morgan fingerprint density at radius 2 is 1.77 bits per heavy atom. The molecule has 0 radical (unpaired) electrons. The minimum Gasteiger partial charge on any atom is -0.494 e. The molecule has 3 rings (SSSR count). The van der Waals surface area contributed by atoms with Crippen LogP contribution >= 0.6 is 0 Å². The van der Waals surface area contributed by atoms with E-state index in [2.05, 4.69) is 22.3 Å². The second-order valence-electron chi connectivity index (χ2n) is 6.80. The van der Waals surface area contributed by atoms with Crippen molar-refractivity contribution in [1.29, 1.82) is 0 Å². The normalized spacial score (nSPS) is 15.3. The van der Waals surface area contributed by atoms with E-state index < -0.39 is 0 Å². The minimum absolute atomic E-state index is 0.0972. The van der Waals surface area contributed by atoms with Crippen LogP contribution in [0.1, 0.15) is 48.5 Å². The van der Waals surface area contributed by atoms with Gasteiger partial charge in [0.15, 0.2) is 0 Å². The first kappa shape index (κ1) is 18.5. The van der Waals surface area contributed by atoms with Crippen molar-refractivity contribution >= 4 is 11.6 Å². The zero-order valence-corrected chi connectivity index (χ0v) is 15.5. The van der Waals surface area contributed by atoms with Crippen LogP contribution < -0.4 is 10.1 Å². The second kappa shape index (κ2) is 9.39. The van der Waals surface area contributed by atoms with Crippen LogP contribution in [-0.4, -0.2) is 30.5 Å². The average molecular weight is 352 g/mol. The van der Waals surface area contributed by atoms with Gasteiger partial charge in [-0.1, -0.05) is 31.0 Å². The summed E-state index contributed by atoms with van der Waals surface area (Å²) in [6.07, 6.45) is 5.28. The predicted molar refractivity (Wildman–Crippen MR) is 106 cm³/mol. The molecule has 1 fully saturated rings. The molecule has 1 saturated heterocycles. The smallest absolute Gasteiger partial charge is 0.255 e. The van der Waals surface area contributed by atoms with Gasteiger partial charge in [-0.25, -0.2) is 0 Å². The first-order chi connectivity index (χ1) is 12.7. The summed E-state index contributed by atoms with van der Waals surface area (Å²) < 4.78 is 5.47. The molecule has 2 aromatic rings. The number of likely N-dealkylation sites (tertiary alicyclic amines) is 1. The van der Waals surface area contributed by atoms with Crippen LogP contribution in [0.5, 0.6) is 5.75 Å². The summed E-state index contributed by atoms with van der Waals surface area (Å²) in [7, 11) is 0. The summed E-state index contributed by atoms with van der Waals surface area (Å²) in [4.78, 5) is 15.0. The van der Waals surface area contributed by atoms with Crippen LogP contribution in [0.4, 0.5) is 5.69 Å². The number of carbonyl (C=O) groups excluding carboxylic acids is 1. The molecule has 0 atom stereocenters. The topological polar surface area (TPSA) is 41.6 Å². The molecule has 26 heavy (non-hydrogen) atoms. The number of amides is 1. The molecule has 0 unspecified atom stereocenters. The molecule has 4 nitrogen and oxygen atoms in total. The third-order valence-electron chi connectivity index (χ3n) is 4.72. The number of ether oxygens (including phenoxy) is 1. The summed E-state index contributed by atoms with van der Waals surface area (Å²) >= 11 is 0. The van der Waals surface area contributed by atoms with Gasteiger partial charge in [0.1, 0.15) is 5.75 Å². The van der Waals surface area contributed by atoms with Crippen LogP contribution in [0.25, 0.3) is 0 Å². The van der Waals surface area contributed by atoms with E-state index in [9.17, 15) is 4.79 Å². The molecule has 0 aliphatic carbocycles. The van der Waals surface area contributed by atoms with Crippen LogP contribution in [0.15, 0.2) is 48.5 Å². The van der Waals surface area contributed by atoms with E-state index in [4.69, 9.17) is 4.74 Å². The van der Waals surface area contributed by atoms with Gasteiger partial charge in [-0.05, 0) is 62.7 Å². The van der Waals surface area contributed by atoms with E-state index in [1.165, 1.54) is 44.3 Å². The van der Waals surface area contributed by atoms with Crippen LogP contribution in [0.3, 0.4) is 0 Å². The predicted octanol–water partition coefficient (Wildman–Crippen LogP) is 4.71. The lowest BCUT2D eigenvalue weighted by Crippen LogP contribution is -2.24. The monoisotopic (exact) mass is 352 g/mol. The maximum atomic E-state index is 12.5. The Bertz CT molecular complexity index is 704. The number of nitrogens with zero attached hydrogens (tertiary/aromatic N) is 1. The molecule has 1 N–H and O–H groups in total. The molecule has 2 aromatic carbocycles. The Morgan fingerprint density at radius 1 is 1.04 bits per heavy atom. The van der Waals surface area contributed by atoms with Gasteiger partial charge in [0.25, 0.3) is 5.91 Å². The van der Waals surface area contributed by atoms with Crippen molar-refractivity contribution in [3.8, 4) is 5.75 Å². The van der Waals surface area contributed by atoms with E-state index in [0.29, 0.717) is 12.2 Å². The highest BCUT2D eigenvalue weighted by Crippen LogP contribution is 2.19. The van der Waals surface area contributed by atoms with Crippen LogP contribution in [-0.2, 0) is 6.54 Å². The molecule has 1 heterocycles. The zero-order chi connectivity index (χ0) is 18.2. The van der Waals surface area contributed by atoms with E-state index in [-0.39, 0.29) is 5.91 Å². The summed E-state index contributed by atoms with van der Waals surface area (Å²) in [6, 6.07) is 15.4. The average Bonchev–Trinajstić information content (AvgIpc) is 2.91. The van der Waals surface area contributed by atoms with Crippen LogP contribution in [0, 0.1) is 0 Å². The fourth-order valence-electron chi connectivity index (χ4n) is 3.35. The third-order valence-corrected chi connectivity index (χ3v) is 4.72. The Balaban J connectivity index is 1.58. The summed E-state index contributed by atoms with van der Waals surface area (Å²) in [5.74, 6) is 0.665. The van der Waals surface area contributed by atoms with E-state index >= 15 is 0 Å². The number of benzene rings is 2. The highest BCUT2D eigenvalue weighted by atomic mass is 16.5. The van der Waals surface area contributed by atoms with Crippen LogP contribution in [0.2, 0.25) is 0 Å². The lowest BCUT2D eigenvalue weighted by molar-refractivity contribution is 0.102. The molecular formula is C22H28N2O2. The van der Waals surface area contributed by atoms with Crippen molar-refractivity contribution in [3.63, 3.8) is 0 Å². The van der Waals surface area contributed by atoms with E-state index in [0.717, 1.165) is 18.0 Å². The molecule has 1 aliphatic rings. The van der Waals surface area contributed by atoms with E-state index in [1.54, 1.807) is 0 Å². The largest absolute Gasteiger partial charge is 0.494 e. The fraction of sp³-hybridized carbons (Fsp3) is 0.409. The third kappa shape index (κ3) is 5.33. The Hall–Kier alpha value is -2.33. The Morgan fingerprint density at radius 3 is 2.46 bits per heavy atom. The summed E-state index contributed by atoms with van der Waals surface area (Å²) in [5.41, 5.74) is 2.68. The number of hydrogen-bond donors (Lipinski definition) is 1. The SMILES string of the molecule is CCOc1cccc(NC(=O)c2ccc(CN3CCCCCC3)cc2)c1. The molecule has 138 valence electrons. The van der Waals surface area contributed by atoms with Crippen molar-refractivity contribution in [2.24, 2.45) is 0 Å². The maximum absolute atomic E-state index is 12.5. The molecule has 0 bridgehead atoms. The van der Waals surface area contributed by atoms with Gasteiger partial charge < -0.3 is 10.1 Å². The lowest BCUT2D eigenvalue weighted by atomic mass is 10.1. The molecule has 1 amide bonds. The Labute approximate surface area is 156 Å². The number of rotatable bonds is 6. The van der Waals surface area contributed by atoms with Crippen molar-refractivity contribution < 1.29 is 9.53 Å². The molecule has 4 heteroatoms. The van der Waals surface area contributed by atoms with E-state index in [1.807, 2.05) is 43.3 Å². The zero-order valence-electron chi connectivity index (χ0n) is 15.5. The summed E-state index contributed by atoms with van der Waals surface area (Å²) in [6.45, 7) is 5.88. The molecule has 0 saturated carbocycles. The van der Waals surface area contributed by atoms with Crippen molar-refractivity contribution in [3.05, 3.63) is 59.7 Å². The first-order valence-electron chi connectivity index (χ1n) is 9.60. The summed E-state index contributed by atoms with van der Waals surface area (Å²) in [5, 5.41) is 2.94. The van der Waals surface area contributed by atoms with Crippen molar-refractivity contribution in [2.75, 3.05) is 25.0 Å². The minimum atomic E-state index is -0.0972. The van der Waals surface area contributed by atoms with Crippen molar-refractivity contribution in [2.45, 2.75) is 39.2 Å².